The summed E-state index contributed by atoms with van der Waals surface area (Å²) in [4.78, 5) is 34.5. The molecule has 0 saturated carbocycles. The molecule has 3 aromatic carbocycles. The van der Waals surface area contributed by atoms with Gasteiger partial charge in [-0.2, -0.15) is 0 Å². The van der Waals surface area contributed by atoms with Gasteiger partial charge in [0, 0.05) is 41.2 Å². The lowest BCUT2D eigenvalue weighted by Gasteiger charge is -2.00. The highest BCUT2D eigenvalue weighted by Gasteiger charge is 2.03. The summed E-state index contributed by atoms with van der Waals surface area (Å²) < 4.78 is 0. The van der Waals surface area contributed by atoms with Crippen molar-refractivity contribution in [3.05, 3.63) is 90.7 Å². The van der Waals surface area contributed by atoms with Crippen molar-refractivity contribution in [3.63, 3.8) is 0 Å². The van der Waals surface area contributed by atoms with E-state index in [1.807, 2.05) is 19.1 Å². The van der Waals surface area contributed by atoms with Gasteiger partial charge in [0.2, 0.25) is 0 Å². The summed E-state index contributed by atoms with van der Waals surface area (Å²) in [6.45, 7) is 3.78. The summed E-state index contributed by atoms with van der Waals surface area (Å²) in [6, 6.07) is 15.5. The molecule has 10 nitrogen and oxygen atoms in total. The van der Waals surface area contributed by atoms with E-state index in [-0.39, 0.29) is 23.1 Å². The van der Waals surface area contributed by atoms with Crippen LogP contribution in [-0.2, 0) is 6.42 Å². The highest BCUT2D eigenvalue weighted by molar-refractivity contribution is 5.86. The van der Waals surface area contributed by atoms with E-state index in [9.17, 15) is 20.1 Å². The first kappa shape index (κ1) is 25.8. The third kappa shape index (κ3) is 5.93. The van der Waals surface area contributed by atoms with Crippen LogP contribution in [0.5, 0.6) is 17.2 Å². The van der Waals surface area contributed by atoms with Gasteiger partial charge in [-0.15, -0.1) is 0 Å². The summed E-state index contributed by atoms with van der Waals surface area (Å²) in [7, 11) is 0. The molecule has 190 valence electrons. The quantitative estimate of drug-likeness (QED) is 0.280. The molecule has 0 saturated heterocycles. The number of aryl methyl sites for hydroxylation is 2. The normalized spacial score (nSPS) is 10.4. The third-order valence-electron chi connectivity index (χ3n) is 5.38. The molecule has 10 heteroatoms. The van der Waals surface area contributed by atoms with Gasteiger partial charge in [0.1, 0.15) is 45.4 Å². The summed E-state index contributed by atoms with van der Waals surface area (Å²) >= 11 is 0. The Morgan fingerprint density at radius 1 is 0.658 bits per heavy atom. The van der Waals surface area contributed by atoms with Crippen molar-refractivity contribution < 1.29 is 20.1 Å². The zero-order valence-corrected chi connectivity index (χ0v) is 20.6. The second kappa shape index (κ2) is 11.7. The lowest BCUT2D eigenvalue weighted by atomic mass is 10.2. The fourth-order valence-corrected chi connectivity index (χ4v) is 3.49. The predicted molar refractivity (Wildman–Crippen MR) is 143 cm³/mol. The van der Waals surface area contributed by atoms with E-state index in [0.717, 1.165) is 23.0 Å². The summed E-state index contributed by atoms with van der Waals surface area (Å²) in [5.74, 6) is 1.99. The Morgan fingerprint density at radius 3 is 1.66 bits per heavy atom. The number of hydrogen-bond acceptors (Lipinski definition) is 10. The molecule has 0 amide bonds. The number of rotatable bonds is 2. The minimum Gasteiger partial charge on any atom is -0.506 e. The Hall–Kier alpha value is -5.25. The van der Waals surface area contributed by atoms with Crippen LogP contribution in [0.1, 0.15) is 29.2 Å². The standard InChI is InChI=1S/C10H10N2O.C9H6N2O2.C9H8N2O/c1-2-9-11-6-7-4-3-5-8(13)10(7)12-9;12-5-8-10-4-6-2-1-3-7(13)9(6)11-8;1-6-10-5-7-3-2-4-8(12)9(7)11-6/h3-6,13H,2H2,1H3;1-5,13H;2-5,12H,1H3. The van der Waals surface area contributed by atoms with Crippen molar-refractivity contribution in [2.75, 3.05) is 0 Å². The first-order valence-electron chi connectivity index (χ1n) is 11.6. The maximum absolute atomic E-state index is 10.4. The monoisotopic (exact) mass is 508 g/mol. The Kier molecular flexibility index (Phi) is 7.92. The van der Waals surface area contributed by atoms with Crippen LogP contribution in [0, 0.1) is 6.92 Å². The van der Waals surface area contributed by atoms with Gasteiger partial charge in [0.15, 0.2) is 12.1 Å². The van der Waals surface area contributed by atoms with E-state index in [1.54, 1.807) is 55.7 Å². The molecule has 0 fully saturated rings. The molecular formula is C28H24N6O4. The lowest BCUT2D eigenvalue weighted by molar-refractivity contribution is 0.111. The molecule has 3 heterocycles. The first-order valence-corrected chi connectivity index (χ1v) is 11.6. The van der Waals surface area contributed by atoms with E-state index in [0.29, 0.717) is 34.0 Å². The van der Waals surface area contributed by atoms with Gasteiger partial charge in [-0.3, -0.25) is 4.79 Å². The molecule has 0 unspecified atom stereocenters. The molecule has 6 rings (SSSR count). The van der Waals surface area contributed by atoms with E-state index >= 15 is 0 Å². The molecule has 3 N–H and O–H groups in total. The smallest absolute Gasteiger partial charge is 0.193 e. The Balaban J connectivity index is 0.000000133. The molecule has 0 aliphatic heterocycles. The van der Waals surface area contributed by atoms with Gasteiger partial charge < -0.3 is 15.3 Å². The number of phenols is 3. The molecular weight excluding hydrogens is 484 g/mol. The molecule has 6 aromatic rings. The molecule has 0 aliphatic rings. The molecule has 0 aliphatic carbocycles. The summed E-state index contributed by atoms with van der Waals surface area (Å²) in [6.07, 6.45) is 6.28. The summed E-state index contributed by atoms with van der Waals surface area (Å²) in [5.41, 5.74) is 1.65. The molecule has 0 radical (unpaired) electrons. The van der Waals surface area contributed by atoms with Gasteiger partial charge in [-0.1, -0.05) is 43.3 Å². The van der Waals surface area contributed by atoms with Gasteiger partial charge in [-0.25, -0.2) is 29.9 Å². The number of fused-ring (bicyclic) bond motifs is 3. The zero-order valence-electron chi connectivity index (χ0n) is 20.6. The number of aromatic hydroxyl groups is 3. The van der Waals surface area contributed by atoms with Crippen molar-refractivity contribution in [1.29, 1.82) is 0 Å². The number of aldehydes is 1. The molecule has 0 spiro atoms. The topological polar surface area (TPSA) is 155 Å². The number of phenolic OH excluding ortho intramolecular Hbond substituents is 3. The van der Waals surface area contributed by atoms with Gasteiger partial charge in [0.25, 0.3) is 0 Å². The largest absolute Gasteiger partial charge is 0.506 e. The van der Waals surface area contributed by atoms with Crippen LogP contribution in [0.25, 0.3) is 32.7 Å². The number of aromatic nitrogens is 6. The fourth-order valence-electron chi connectivity index (χ4n) is 3.49. The van der Waals surface area contributed by atoms with Crippen molar-refractivity contribution in [3.8, 4) is 17.2 Å². The fraction of sp³-hybridized carbons (Fsp3) is 0.107. The molecule has 3 aromatic heterocycles. The SMILES string of the molecule is CCc1ncc2cccc(O)c2n1.Cc1ncc2cccc(O)c2n1.O=Cc1ncc2cccc(O)c2n1. The van der Waals surface area contributed by atoms with Crippen molar-refractivity contribution in [2.24, 2.45) is 0 Å². The molecule has 0 bridgehead atoms. The van der Waals surface area contributed by atoms with E-state index in [2.05, 4.69) is 29.9 Å². The average Bonchev–Trinajstić information content (AvgIpc) is 2.94. The average molecular weight is 509 g/mol. The number of carbonyl (C=O) groups is 1. The van der Waals surface area contributed by atoms with E-state index < -0.39 is 0 Å². The van der Waals surface area contributed by atoms with Gasteiger partial charge in [-0.05, 0) is 25.1 Å². The second-order valence-corrected chi connectivity index (χ2v) is 8.05. The third-order valence-corrected chi connectivity index (χ3v) is 5.38. The number of para-hydroxylation sites is 3. The number of nitrogens with zero attached hydrogens (tertiary/aromatic N) is 6. The second-order valence-electron chi connectivity index (χ2n) is 8.05. The van der Waals surface area contributed by atoms with Crippen LogP contribution < -0.4 is 0 Å². The van der Waals surface area contributed by atoms with Crippen molar-refractivity contribution in [2.45, 2.75) is 20.3 Å². The van der Waals surface area contributed by atoms with Crippen LogP contribution in [0.3, 0.4) is 0 Å². The Bertz CT molecular complexity index is 1740. The zero-order chi connectivity index (χ0) is 27.1. The van der Waals surface area contributed by atoms with Crippen LogP contribution in [-0.4, -0.2) is 51.5 Å². The highest BCUT2D eigenvalue weighted by atomic mass is 16.3. The molecule has 38 heavy (non-hydrogen) atoms. The van der Waals surface area contributed by atoms with E-state index in [4.69, 9.17) is 0 Å². The van der Waals surface area contributed by atoms with Crippen LogP contribution in [0.2, 0.25) is 0 Å². The van der Waals surface area contributed by atoms with Crippen LogP contribution in [0.15, 0.2) is 73.2 Å². The number of carbonyl (C=O) groups excluding carboxylic acids is 1. The Labute approximate surface area is 217 Å². The van der Waals surface area contributed by atoms with Gasteiger partial charge >= 0.3 is 0 Å². The predicted octanol–water partition coefficient (Wildman–Crippen LogP) is 4.69. The van der Waals surface area contributed by atoms with Crippen LogP contribution in [0.4, 0.5) is 0 Å². The summed E-state index contributed by atoms with van der Waals surface area (Å²) in [5, 5.41) is 30.7. The van der Waals surface area contributed by atoms with Crippen LogP contribution >= 0.6 is 0 Å². The number of benzene rings is 3. The maximum Gasteiger partial charge on any atom is 0.193 e. The van der Waals surface area contributed by atoms with Crippen molar-refractivity contribution >= 4 is 39.0 Å². The van der Waals surface area contributed by atoms with Crippen molar-refractivity contribution in [1.82, 2.24) is 29.9 Å². The highest BCUT2D eigenvalue weighted by Crippen LogP contribution is 2.22. The number of hydrogen-bond donors (Lipinski definition) is 3. The van der Waals surface area contributed by atoms with Gasteiger partial charge in [0.05, 0.1) is 0 Å². The minimum absolute atomic E-state index is 0.0583. The molecule has 0 atom stereocenters. The first-order chi connectivity index (χ1) is 18.4. The lowest BCUT2D eigenvalue weighted by Crippen LogP contribution is -1.92. The Morgan fingerprint density at radius 2 is 1.13 bits per heavy atom. The maximum atomic E-state index is 10.4. The minimum atomic E-state index is 0.0583. The van der Waals surface area contributed by atoms with E-state index in [1.165, 1.54) is 12.3 Å².